The summed E-state index contributed by atoms with van der Waals surface area (Å²) in [6, 6.07) is 8.76. The number of likely N-dealkylation sites (tertiary alicyclic amines) is 1. The predicted molar refractivity (Wildman–Crippen MR) is 192 cm³/mol. The van der Waals surface area contributed by atoms with Crippen molar-refractivity contribution in [1.82, 2.24) is 29.6 Å². The summed E-state index contributed by atoms with van der Waals surface area (Å²) >= 11 is 6.28. The highest BCUT2D eigenvalue weighted by Crippen LogP contribution is 2.42. The van der Waals surface area contributed by atoms with E-state index in [0.29, 0.717) is 50.1 Å². The summed E-state index contributed by atoms with van der Waals surface area (Å²) in [7, 11) is 2.07. The van der Waals surface area contributed by atoms with Crippen molar-refractivity contribution in [2.24, 2.45) is 16.7 Å². The first-order chi connectivity index (χ1) is 23.2. The summed E-state index contributed by atoms with van der Waals surface area (Å²) in [5.41, 5.74) is 0.689. The lowest BCUT2D eigenvalue weighted by Gasteiger charge is -2.45. The molecule has 1 aromatic heterocycles. The fraction of sp³-hybridized carbons (Fsp3) is 0.658. The highest BCUT2D eigenvalue weighted by atomic mass is 35.5. The van der Waals surface area contributed by atoms with Gasteiger partial charge in [0.25, 0.3) is 0 Å². The molecule has 3 amide bonds. The Morgan fingerprint density at radius 2 is 1.51 bits per heavy atom. The van der Waals surface area contributed by atoms with E-state index in [2.05, 4.69) is 45.6 Å². The number of likely N-dealkylation sites (N-methyl/N-ethyl adjacent to an activating group) is 1. The maximum Gasteiger partial charge on any atom is 0.245 e. The van der Waals surface area contributed by atoms with Crippen molar-refractivity contribution >= 4 is 35.3 Å². The number of amides is 3. The first kappa shape index (κ1) is 35.6. The van der Waals surface area contributed by atoms with E-state index in [1.54, 1.807) is 18.5 Å². The smallest absolute Gasteiger partial charge is 0.245 e. The molecular weight excluding hydrogens is 638 g/mol. The van der Waals surface area contributed by atoms with Gasteiger partial charge in [0.1, 0.15) is 6.04 Å². The van der Waals surface area contributed by atoms with Gasteiger partial charge in [0, 0.05) is 80.6 Å². The summed E-state index contributed by atoms with van der Waals surface area (Å²) in [6.45, 7) is 14.8. The second kappa shape index (κ2) is 14.2. The van der Waals surface area contributed by atoms with E-state index in [0.717, 1.165) is 44.3 Å². The van der Waals surface area contributed by atoms with Gasteiger partial charge in [-0.1, -0.05) is 58.4 Å². The van der Waals surface area contributed by atoms with Crippen LogP contribution in [0.3, 0.4) is 0 Å². The Morgan fingerprint density at radius 1 is 0.878 bits per heavy atom. The molecular formula is C38H54ClN7O3. The van der Waals surface area contributed by atoms with E-state index in [9.17, 15) is 9.59 Å². The first-order valence-corrected chi connectivity index (χ1v) is 18.5. The number of benzene rings is 1. The van der Waals surface area contributed by atoms with Crippen LogP contribution in [0.5, 0.6) is 0 Å². The van der Waals surface area contributed by atoms with Gasteiger partial charge in [0.05, 0.1) is 12.0 Å². The topological polar surface area (TPSA) is 93.2 Å². The minimum Gasteiger partial charge on any atom is -0.339 e. The van der Waals surface area contributed by atoms with Crippen molar-refractivity contribution in [2.45, 2.75) is 90.8 Å². The van der Waals surface area contributed by atoms with Crippen LogP contribution in [0.25, 0.3) is 0 Å². The van der Waals surface area contributed by atoms with E-state index in [4.69, 9.17) is 11.6 Å². The number of carbonyl (C=O) groups is 3. The van der Waals surface area contributed by atoms with Gasteiger partial charge in [-0.25, -0.2) is 9.97 Å². The molecule has 0 bridgehead atoms. The Labute approximate surface area is 297 Å². The SMILES string of the molecule is CN1CCN(C(=O)[C@H]2C[C@H](N(C(=O)C(C)(C)C)C3CCC(C)(C)CC3)CN2C(=O)[C@@H]2CN(c3ncccn3)C[C@H]2c2ccc(Cl)cc2)CC1. The highest BCUT2D eigenvalue weighted by Gasteiger charge is 2.51. The van der Waals surface area contributed by atoms with Crippen molar-refractivity contribution in [3.05, 3.63) is 53.3 Å². The third-order valence-corrected chi connectivity index (χ3v) is 11.7. The number of carbonyl (C=O) groups excluding carboxylic acids is 3. The molecule has 4 aliphatic rings. The fourth-order valence-electron chi connectivity index (χ4n) is 8.34. The van der Waals surface area contributed by atoms with Gasteiger partial charge in [-0.15, -0.1) is 0 Å². The van der Waals surface area contributed by atoms with Gasteiger partial charge in [-0.05, 0) is 68.3 Å². The molecule has 1 aromatic carbocycles. The summed E-state index contributed by atoms with van der Waals surface area (Å²) in [4.78, 5) is 63.1. The van der Waals surface area contributed by atoms with Crippen molar-refractivity contribution in [3.8, 4) is 0 Å². The molecule has 4 heterocycles. The molecule has 0 radical (unpaired) electrons. The van der Waals surface area contributed by atoms with E-state index >= 15 is 4.79 Å². The standard InChI is InChI=1S/C38H54ClN7O3/c1-37(2,3)35(49)46(28-12-14-38(4,5)15-13-28)29-22-32(34(48)43-20-18-42(6)19-21-43)45(23-29)33(47)31-25-44(36-40-16-7-17-41-36)24-30(31)26-8-10-27(39)11-9-26/h7-11,16-17,28-32H,12-15,18-25H2,1-6H3/t29-,30-,31+,32+/m0/s1. The van der Waals surface area contributed by atoms with Crippen LogP contribution in [0.2, 0.25) is 5.02 Å². The summed E-state index contributed by atoms with van der Waals surface area (Å²) in [5, 5.41) is 0.641. The molecule has 1 aliphatic carbocycles. The molecule has 266 valence electrons. The number of nitrogens with zero attached hydrogens (tertiary/aromatic N) is 7. The number of aromatic nitrogens is 2. The van der Waals surface area contributed by atoms with Crippen LogP contribution in [0.4, 0.5) is 5.95 Å². The molecule has 0 unspecified atom stereocenters. The van der Waals surface area contributed by atoms with E-state index in [1.807, 2.05) is 54.8 Å². The van der Waals surface area contributed by atoms with Crippen LogP contribution in [0, 0.1) is 16.7 Å². The lowest BCUT2D eigenvalue weighted by Crippen LogP contribution is -2.54. The molecule has 10 nitrogen and oxygen atoms in total. The number of piperazine rings is 1. The molecule has 3 aliphatic heterocycles. The van der Waals surface area contributed by atoms with E-state index in [1.165, 1.54) is 0 Å². The van der Waals surface area contributed by atoms with Gasteiger partial charge in [-0.3, -0.25) is 14.4 Å². The minimum absolute atomic E-state index is 0.00109. The quantitative estimate of drug-likeness (QED) is 0.424. The molecule has 4 atom stereocenters. The third-order valence-electron chi connectivity index (χ3n) is 11.4. The minimum atomic E-state index is -0.621. The molecule has 2 aromatic rings. The molecule has 49 heavy (non-hydrogen) atoms. The maximum atomic E-state index is 15.1. The normalized spacial score (nSPS) is 26.6. The Balaban J connectivity index is 1.34. The molecule has 0 spiro atoms. The summed E-state index contributed by atoms with van der Waals surface area (Å²) in [6.07, 6.45) is 7.87. The number of rotatable bonds is 6. The van der Waals surface area contributed by atoms with Crippen molar-refractivity contribution in [2.75, 3.05) is 57.8 Å². The predicted octanol–water partition coefficient (Wildman–Crippen LogP) is 4.94. The van der Waals surface area contributed by atoms with Crippen molar-refractivity contribution < 1.29 is 14.4 Å². The lowest BCUT2D eigenvalue weighted by molar-refractivity contribution is -0.147. The number of halogens is 1. The zero-order chi connectivity index (χ0) is 35.1. The molecule has 3 saturated heterocycles. The van der Waals surface area contributed by atoms with Gasteiger partial charge < -0.3 is 24.5 Å². The van der Waals surface area contributed by atoms with E-state index in [-0.39, 0.29) is 41.1 Å². The van der Waals surface area contributed by atoms with Crippen LogP contribution in [-0.2, 0) is 14.4 Å². The molecule has 1 saturated carbocycles. The van der Waals surface area contributed by atoms with Crippen LogP contribution < -0.4 is 4.90 Å². The Hall–Kier alpha value is -3.24. The fourth-order valence-corrected chi connectivity index (χ4v) is 8.47. The second-order valence-electron chi connectivity index (χ2n) is 16.6. The van der Waals surface area contributed by atoms with Crippen molar-refractivity contribution in [1.29, 1.82) is 0 Å². The lowest BCUT2D eigenvalue weighted by atomic mass is 9.74. The average Bonchev–Trinajstić information content (AvgIpc) is 3.72. The Morgan fingerprint density at radius 3 is 2.12 bits per heavy atom. The van der Waals surface area contributed by atoms with Gasteiger partial charge in [0.2, 0.25) is 23.7 Å². The molecule has 4 fully saturated rings. The summed E-state index contributed by atoms with van der Waals surface area (Å²) < 4.78 is 0. The molecule has 6 rings (SSSR count). The zero-order valence-electron chi connectivity index (χ0n) is 30.1. The number of hydrogen-bond donors (Lipinski definition) is 0. The third kappa shape index (κ3) is 7.75. The van der Waals surface area contributed by atoms with Gasteiger partial charge >= 0.3 is 0 Å². The summed E-state index contributed by atoms with van der Waals surface area (Å²) in [5.74, 6) is 0.0917. The molecule has 0 N–H and O–H groups in total. The largest absolute Gasteiger partial charge is 0.339 e. The first-order valence-electron chi connectivity index (χ1n) is 18.1. The number of hydrogen-bond acceptors (Lipinski definition) is 7. The van der Waals surface area contributed by atoms with Crippen molar-refractivity contribution in [3.63, 3.8) is 0 Å². The Kier molecular flexibility index (Phi) is 10.3. The Bertz CT molecular complexity index is 1480. The molecule has 11 heteroatoms. The van der Waals surface area contributed by atoms with Crippen LogP contribution in [-0.4, -0.2) is 118 Å². The maximum absolute atomic E-state index is 15.1. The second-order valence-corrected chi connectivity index (χ2v) is 17.0. The van der Waals surface area contributed by atoms with Gasteiger partial charge in [-0.2, -0.15) is 0 Å². The van der Waals surface area contributed by atoms with E-state index < -0.39 is 17.4 Å². The number of anilines is 1. The van der Waals surface area contributed by atoms with Crippen LogP contribution in [0.1, 0.15) is 78.2 Å². The van der Waals surface area contributed by atoms with Crippen LogP contribution >= 0.6 is 11.6 Å². The van der Waals surface area contributed by atoms with Crippen LogP contribution in [0.15, 0.2) is 42.7 Å². The van der Waals surface area contributed by atoms with Gasteiger partial charge in [0.15, 0.2) is 0 Å². The average molecular weight is 692 g/mol. The monoisotopic (exact) mass is 691 g/mol. The zero-order valence-corrected chi connectivity index (χ0v) is 30.9. The highest BCUT2D eigenvalue weighted by molar-refractivity contribution is 6.30.